The van der Waals surface area contributed by atoms with Crippen molar-refractivity contribution in [1.29, 1.82) is 0 Å². The van der Waals surface area contributed by atoms with E-state index >= 15 is 0 Å². The number of anilines is 1. The third kappa shape index (κ3) is 5.71. The van der Waals surface area contributed by atoms with E-state index in [4.69, 9.17) is 18.9 Å². The van der Waals surface area contributed by atoms with Gasteiger partial charge < -0.3 is 13.9 Å². The molecule has 0 unspecified atom stereocenters. The highest BCUT2D eigenvalue weighted by Gasteiger charge is 2.18. The number of hydrogen-bond donors (Lipinski definition) is 1. The molecule has 0 saturated heterocycles. The first-order chi connectivity index (χ1) is 19.0. The molecule has 198 valence electrons. The molecule has 0 saturated carbocycles. The maximum atomic E-state index is 13.6. The minimum Gasteiger partial charge on any atom is -0.497 e. The third-order valence-corrected chi connectivity index (χ3v) is 7.49. The fraction of sp³-hybridized carbons (Fsp3) is 0.194. The van der Waals surface area contributed by atoms with Gasteiger partial charge in [-0.1, -0.05) is 38.1 Å². The van der Waals surface area contributed by atoms with Crippen LogP contribution in [0.1, 0.15) is 34.6 Å². The van der Waals surface area contributed by atoms with Crippen molar-refractivity contribution < 1.29 is 18.7 Å². The highest BCUT2D eigenvalue weighted by Crippen LogP contribution is 2.32. The van der Waals surface area contributed by atoms with Gasteiger partial charge in [-0.05, 0) is 66.9 Å². The predicted octanol–water partition coefficient (Wildman–Crippen LogP) is 7.18. The fourth-order valence-corrected chi connectivity index (χ4v) is 5.11. The number of carbonyl (C=O) groups is 1. The van der Waals surface area contributed by atoms with Gasteiger partial charge in [0.05, 0.1) is 25.6 Å². The monoisotopic (exact) mass is 539 g/mol. The second-order valence-electron chi connectivity index (χ2n) is 8.83. The number of rotatable bonds is 8. The predicted molar refractivity (Wildman–Crippen MR) is 155 cm³/mol. The van der Waals surface area contributed by atoms with Gasteiger partial charge in [0.15, 0.2) is 5.13 Å². The Morgan fingerprint density at radius 2 is 1.64 bits per heavy atom. The number of fused-ring (bicyclic) bond motifs is 1. The maximum Gasteiger partial charge on any atom is 0.262 e. The lowest BCUT2D eigenvalue weighted by molar-refractivity contribution is 0.102. The number of thiazole rings is 1. The number of carbonyl (C=O) groups excluding carboxylic acids is 1. The molecule has 8 heteroatoms. The lowest BCUT2D eigenvalue weighted by Gasteiger charge is -2.07. The molecule has 1 N–H and O–H groups in total. The van der Waals surface area contributed by atoms with E-state index in [9.17, 15) is 4.79 Å². The summed E-state index contributed by atoms with van der Waals surface area (Å²) in [4.78, 5) is 24.2. The van der Waals surface area contributed by atoms with E-state index in [0.717, 1.165) is 34.4 Å². The molecule has 39 heavy (non-hydrogen) atoms. The lowest BCUT2D eigenvalue weighted by Crippen LogP contribution is -2.21. The highest BCUT2D eigenvalue weighted by molar-refractivity contribution is 7.16. The van der Waals surface area contributed by atoms with Crippen LogP contribution >= 0.6 is 11.3 Å². The Morgan fingerprint density at radius 3 is 2.31 bits per heavy atom. The Morgan fingerprint density at radius 1 is 0.923 bits per heavy atom. The average molecular weight is 540 g/mol. The smallest absolute Gasteiger partial charge is 0.262 e. The quantitative estimate of drug-likeness (QED) is 0.226. The topological polar surface area (TPSA) is 86.0 Å². The lowest BCUT2D eigenvalue weighted by atomic mass is 10.1. The Kier molecular flexibility index (Phi) is 7.74. The van der Waals surface area contributed by atoms with Gasteiger partial charge in [0.2, 0.25) is 5.55 Å². The summed E-state index contributed by atoms with van der Waals surface area (Å²) >= 11 is 1.47. The minimum atomic E-state index is -0.361. The van der Waals surface area contributed by atoms with E-state index in [2.05, 4.69) is 48.4 Å². The molecule has 5 rings (SSSR count). The van der Waals surface area contributed by atoms with Gasteiger partial charge in [-0.25, -0.2) is 9.98 Å². The zero-order valence-electron chi connectivity index (χ0n) is 22.3. The van der Waals surface area contributed by atoms with E-state index in [1.54, 1.807) is 56.7 Å². The Balaban J connectivity index is 1.55. The van der Waals surface area contributed by atoms with Crippen molar-refractivity contribution in [3.05, 3.63) is 94.4 Å². The summed E-state index contributed by atoms with van der Waals surface area (Å²) in [5.41, 5.74) is 4.87. The summed E-state index contributed by atoms with van der Waals surface area (Å²) in [7, 11) is 3.20. The van der Waals surface area contributed by atoms with Crippen LogP contribution in [0.25, 0.3) is 22.2 Å². The normalized spacial score (nSPS) is 11.5. The molecule has 2 heterocycles. The van der Waals surface area contributed by atoms with E-state index in [1.165, 1.54) is 16.9 Å². The van der Waals surface area contributed by atoms with Crippen LogP contribution in [0.4, 0.5) is 10.8 Å². The number of aryl methyl sites for hydroxylation is 2. The number of nitrogens with zero attached hydrogens (tertiary/aromatic N) is 2. The molecule has 7 nitrogen and oxygen atoms in total. The molecule has 0 aliphatic rings. The Hall–Kier alpha value is -4.43. The van der Waals surface area contributed by atoms with Crippen LogP contribution in [0.5, 0.6) is 11.5 Å². The molecule has 0 atom stereocenters. The van der Waals surface area contributed by atoms with Crippen molar-refractivity contribution in [2.24, 2.45) is 4.99 Å². The summed E-state index contributed by atoms with van der Waals surface area (Å²) < 4.78 is 16.7. The number of hydrogen-bond acceptors (Lipinski definition) is 7. The fourth-order valence-electron chi connectivity index (χ4n) is 4.19. The second-order valence-corrected chi connectivity index (χ2v) is 9.91. The molecule has 0 spiro atoms. The molecular weight excluding hydrogens is 510 g/mol. The summed E-state index contributed by atoms with van der Waals surface area (Å²) in [6.07, 6.45) is 1.79. The molecule has 2 aromatic heterocycles. The van der Waals surface area contributed by atoms with Gasteiger partial charge in [0.25, 0.3) is 5.91 Å². The summed E-state index contributed by atoms with van der Waals surface area (Å²) in [6.45, 7) is 4.22. The second kappa shape index (κ2) is 11.5. The molecule has 0 radical (unpaired) electrons. The van der Waals surface area contributed by atoms with Gasteiger partial charge in [0, 0.05) is 15.8 Å². The molecule has 3 aromatic carbocycles. The highest BCUT2D eigenvalue weighted by atomic mass is 32.1. The minimum absolute atomic E-state index is 0.193. The molecular formula is C31H29N3O4S. The summed E-state index contributed by atoms with van der Waals surface area (Å²) in [5, 5.41) is 4.22. The Labute approximate surface area is 230 Å². The number of amides is 1. The van der Waals surface area contributed by atoms with Gasteiger partial charge in [-0.15, -0.1) is 11.3 Å². The standard InChI is InChI=1S/C31H29N3O4S/c1-5-19-7-9-20(10-8-19)28-27(6-2)39-31(33-28)34-29(35)25-18-21-17-24(37-4)15-16-26(21)38-30(25)32-22-11-13-23(36-3)14-12-22/h7-18H,5-6H2,1-4H3,(H,33,34,35). The summed E-state index contributed by atoms with van der Waals surface area (Å²) in [6, 6.07) is 22.8. The van der Waals surface area contributed by atoms with Crippen LogP contribution in [0.2, 0.25) is 0 Å². The number of aromatic nitrogens is 1. The molecule has 0 aliphatic heterocycles. The first-order valence-corrected chi connectivity index (χ1v) is 13.5. The summed E-state index contributed by atoms with van der Waals surface area (Å²) in [5.74, 6) is 1.01. The SMILES string of the molecule is CCc1ccc(-c2nc(NC(=O)c3cc4cc(OC)ccc4oc3=Nc3ccc(OC)cc3)sc2CC)cc1. The van der Waals surface area contributed by atoms with Crippen LogP contribution in [0.15, 0.2) is 82.2 Å². The van der Waals surface area contributed by atoms with E-state index in [0.29, 0.717) is 27.9 Å². The van der Waals surface area contributed by atoms with E-state index in [1.807, 2.05) is 6.07 Å². The van der Waals surface area contributed by atoms with Crippen molar-refractivity contribution in [2.75, 3.05) is 19.5 Å². The van der Waals surface area contributed by atoms with Crippen molar-refractivity contribution in [2.45, 2.75) is 26.7 Å². The van der Waals surface area contributed by atoms with Crippen molar-refractivity contribution in [3.8, 4) is 22.8 Å². The number of benzene rings is 3. The van der Waals surface area contributed by atoms with Gasteiger partial charge in [-0.2, -0.15) is 0 Å². The molecule has 1 amide bonds. The van der Waals surface area contributed by atoms with Gasteiger partial charge in [0.1, 0.15) is 22.6 Å². The Bertz CT molecular complexity index is 1690. The molecule has 0 bridgehead atoms. The van der Waals surface area contributed by atoms with Crippen LogP contribution in [0, 0.1) is 0 Å². The molecule has 0 aliphatic carbocycles. The number of methoxy groups -OCH3 is 2. The molecule has 5 aromatic rings. The third-order valence-electron chi connectivity index (χ3n) is 6.38. The zero-order valence-corrected chi connectivity index (χ0v) is 23.1. The first kappa shape index (κ1) is 26.2. The number of ether oxygens (including phenoxy) is 2. The molecule has 0 fully saturated rings. The van der Waals surface area contributed by atoms with Gasteiger partial charge in [-0.3, -0.25) is 10.1 Å². The van der Waals surface area contributed by atoms with Crippen molar-refractivity contribution in [1.82, 2.24) is 4.98 Å². The first-order valence-electron chi connectivity index (χ1n) is 12.7. The van der Waals surface area contributed by atoms with Crippen LogP contribution < -0.4 is 20.3 Å². The van der Waals surface area contributed by atoms with E-state index in [-0.39, 0.29) is 17.0 Å². The largest absolute Gasteiger partial charge is 0.497 e. The van der Waals surface area contributed by atoms with Crippen LogP contribution in [0.3, 0.4) is 0 Å². The maximum absolute atomic E-state index is 13.6. The van der Waals surface area contributed by atoms with Crippen LogP contribution in [-0.2, 0) is 12.8 Å². The van der Waals surface area contributed by atoms with Crippen molar-refractivity contribution >= 4 is 39.0 Å². The zero-order chi connectivity index (χ0) is 27.4. The van der Waals surface area contributed by atoms with Gasteiger partial charge >= 0.3 is 0 Å². The number of nitrogens with one attached hydrogen (secondary N) is 1. The van der Waals surface area contributed by atoms with Crippen molar-refractivity contribution in [3.63, 3.8) is 0 Å². The average Bonchev–Trinajstić information content (AvgIpc) is 3.39. The van der Waals surface area contributed by atoms with Crippen LogP contribution in [-0.4, -0.2) is 25.1 Å². The van der Waals surface area contributed by atoms with E-state index < -0.39 is 0 Å².